The maximum atomic E-state index is 11.9. The van der Waals surface area contributed by atoms with E-state index in [1.165, 1.54) is 16.7 Å². The average Bonchev–Trinajstić information content (AvgIpc) is 3.01. The fourth-order valence-corrected chi connectivity index (χ4v) is 2.46. The fraction of sp³-hybridized carbons (Fsp3) is 0.143. The summed E-state index contributed by atoms with van der Waals surface area (Å²) < 4.78 is 2.89. The lowest BCUT2D eigenvalue weighted by molar-refractivity contribution is -0.384. The van der Waals surface area contributed by atoms with Crippen molar-refractivity contribution in [1.29, 1.82) is 0 Å². The van der Waals surface area contributed by atoms with E-state index in [9.17, 15) is 19.7 Å². The number of H-pyrrole nitrogens is 1. The van der Waals surface area contributed by atoms with Crippen molar-refractivity contribution < 1.29 is 4.92 Å². The zero-order valence-electron chi connectivity index (χ0n) is 11.6. The van der Waals surface area contributed by atoms with Crippen LogP contribution in [0.2, 0.25) is 0 Å². The smallest absolute Gasteiger partial charge is 0.316 e. The van der Waals surface area contributed by atoms with E-state index in [0.29, 0.717) is 17.7 Å². The first-order chi connectivity index (χ1) is 10.5. The highest BCUT2D eigenvalue weighted by Gasteiger charge is 2.19. The van der Waals surface area contributed by atoms with Crippen molar-refractivity contribution in [3.63, 3.8) is 0 Å². The lowest BCUT2D eigenvalue weighted by Crippen LogP contribution is -2.36. The zero-order valence-corrected chi connectivity index (χ0v) is 11.6. The Morgan fingerprint density at radius 3 is 2.50 bits per heavy atom. The van der Waals surface area contributed by atoms with Crippen LogP contribution in [0.3, 0.4) is 0 Å². The minimum absolute atomic E-state index is 0.152. The van der Waals surface area contributed by atoms with Crippen LogP contribution in [-0.4, -0.2) is 19.0 Å². The molecule has 0 radical (unpaired) electrons. The van der Waals surface area contributed by atoms with E-state index in [4.69, 9.17) is 0 Å². The van der Waals surface area contributed by atoms with Gasteiger partial charge in [-0.05, 0) is 25.1 Å². The summed E-state index contributed by atoms with van der Waals surface area (Å²) in [6.07, 6.45) is 3.35. The van der Waals surface area contributed by atoms with E-state index >= 15 is 0 Å². The second kappa shape index (κ2) is 4.99. The van der Waals surface area contributed by atoms with Crippen LogP contribution < -0.4 is 11.1 Å². The summed E-state index contributed by atoms with van der Waals surface area (Å²) in [5.74, 6) is 0. The molecule has 3 aromatic rings. The van der Waals surface area contributed by atoms with Gasteiger partial charge in [-0.2, -0.15) is 0 Å². The number of aromatic nitrogens is 3. The van der Waals surface area contributed by atoms with Crippen molar-refractivity contribution in [1.82, 2.24) is 14.1 Å². The first kappa shape index (κ1) is 13.8. The van der Waals surface area contributed by atoms with Crippen LogP contribution >= 0.6 is 0 Å². The summed E-state index contributed by atoms with van der Waals surface area (Å²) in [4.78, 5) is 36.7. The molecular weight excluding hydrogens is 288 g/mol. The Labute approximate surface area is 123 Å². The first-order valence-corrected chi connectivity index (χ1v) is 6.61. The third-order valence-corrected chi connectivity index (χ3v) is 3.47. The standard InChI is InChI=1S/C14H12N4O4/c1-2-17-10-8-11(16-5-3-4-6-16)12(18(21)22)7-9(10)15-13(19)14(17)20/h3-8H,2H2,1H3,(H,15,19). The Hall–Kier alpha value is -3.16. The van der Waals surface area contributed by atoms with E-state index < -0.39 is 16.0 Å². The fourth-order valence-electron chi connectivity index (χ4n) is 2.46. The number of aryl methyl sites for hydroxylation is 1. The Morgan fingerprint density at radius 1 is 1.23 bits per heavy atom. The van der Waals surface area contributed by atoms with E-state index in [-0.39, 0.29) is 11.2 Å². The van der Waals surface area contributed by atoms with Gasteiger partial charge in [0.1, 0.15) is 5.69 Å². The Bertz CT molecular complexity index is 982. The number of benzene rings is 1. The van der Waals surface area contributed by atoms with E-state index in [0.717, 1.165) is 0 Å². The molecule has 0 unspecified atom stereocenters. The molecule has 0 saturated carbocycles. The van der Waals surface area contributed by atoms with Gasteiger partial charge >= 0.3 is 11.1 Å². The van der Waals surface area contributed by atoms with Gasteiger partial charge < -0.3 is 14.1 Å². The van der Waals surface area contributed by atoms with Gasteiger partial charge in [-0.25, -0.2) is 0 Å². The summed E-state index contributed by atoms with van der Waals surface area (Å²) in [6.45, 7) is 2.03. The number of nitro groups is 1. The Balaban J connectivity index is 2.48. The third-order valence-electron chi connectivity index (χ3n) is 3.47. The molecule has 22 heavy (non-hydrogen) atoms. The molecular formula is C14H12N4O4. The predicted octanol–water partition coefficient (Wildman–Crippen LogP) is 1.41. The molecule has 0 aliphatic rings. The van der Waals surface area contributed by atoms with Crippen LogP contribution in [0.15, 0.2) is 46.2 Å². The Morgan fingerprint density at radius 2 is 1.91 bits per heavy atom. The SMILES string of the molecule is CCn1c(=O)c(=O)[nH]c2cc([N+](=O)[O-])c(-n3cccc3)cc21. The summed E-state index contributed by atoms with van der Waals surface area (Å²) in [6, 6.07) is 6.30. The summed E-state index contributed by atoms with van der Waals surface area (Å²) in [5.41, 5.74) is -0.591. The first-order valence-electron chi connectivity index (χ1n) is 6.61. The van der Waals surface area contributed by atoms with Crippen LogP contribution in [0, 0.1) is 10.1 Å². The molecule has 0 aliphatic carbocycles. The molecule has 2 aromatic heterocycles. The van der Waals surface area contributed by atoms with Crippen LogP contribution in [-0.2, 0) is 6.54 Å². The van der Waals surface area contributed by atoms with Gasteiger partial charge in [0.2, 0.25) is 0 Å². The number of hydrogen-bond donors (Lipinski definition) is 1. The van der Waals surface area contributed by atoms with Crippen molar-refractivity contribution in [2.45, 2.75) is 13.5 Å². The topological polar surface area (TPSA) is 103 Å². The van der Waals surface area contributed by atoms with Crippen molar-refractivity contribution in [3.8, 4) is 5.69 Å². The molecule has 112 valence electrons. The highest BCUT2D eigenvalue weighted by Crippen LogP contribution is 2.27. The molecule has 0 spiro atoms. The van der Waals surface area contributed by atoms with Gasteiger partial charge in [0.05, 0.1) is 16.0 Å². The molecule has 0 bridgehead atoms. The largest absolute Gasteiger partial charge is 0.318 e. The molecule has 3 rings (SSSR count). The zero-order chi connectivity index (χ0) is 15.9. The second-order valence-electron chi connectivity index (χ2n) is 4.71. The normalized spacial score (nSPS) is 11.0. The summed E-state index contributed by atoms with van der Waals surface area (Å²) in [5, 5.41) is 11.3. The molecule has 0 aliphatic heterocycles. The van der Waals surface area contributed by atoms with Crippen molar-refractivity contribution >= 4 is 16.7 Å². The quantitative estimate of drug-likeness (QED) is 0.448. The number of aromatic amines is 1. The maximum Gasteiger partial charge on any atom is 0.316 e. The average molecular weight is 300 g/mol. The highest BCUT2D eigenvalue weighted by atomic mass is 16.6. The monoisotopic (exact) mass is 300 g/mol. The van der Waals surface area contributed by atoms with Crippen molar-refractivity contribution in [2.24, 2.45) is 0 Å². The lowest BCUT2D eigenvalue weighted by Gasteiger charge is -2.10. The number of hydrogen-bond acceptors (Lipinski definition) is 4. The molecule has 0 fully saturated rings. The predicted molar refractivity (Wildman–Crippen MR) is 80.5 cm³/mol. The minimum atomic E-state index is -0.794. The molecule has 8 nitrogen and oxygen atoms in total. The number of fused-ring (bicyclic) bond motifs is 1. The lowest BCUT2D eigenvalue weighted by atomic mass is 10.2. The molecule has 8 heteroatoms. The van der Waals surface area contributed by atoms with Crippen LogP contribution in [0.25, 0.3) is 16.7 Å². The Kier molecular flexibility index (Phi) is 3.13. The molecule has 1 N–H and O–H groups in total. The molecule has 0 atom stereocenters. The number of nitrogens with one attached hydrogen (secondary N) is 1. The van der Waals surface area contributed by atoms with Crippen molar-refractivity contribution in [3.05, 3.63) is 67.5 Å². The van der Waals surface area contributed by atoms with Crippen molar-refractivity contribution in [2.75, 3.05) is 0 Å². The number of nitro benzene ring substituents is 1. The third kappa shape index (κ3) is 2.01. The van der Waals surface area contributed by atoms with Gasteiger partial charge in [-0.3, -0.25) is 19.7 Å². The summed E-state index contributed by atoms with van der Waals surface area (Å²) in [7, 11) is 0. The second-order valence-corrected chi connectivity index (χ2v) is 4.71. The van der Waals surface area contributed by atoms with E-state index in [2.05, 4.69) is 4.98 Å². The molecule has 2 heterocycles. The van der Waals surface area contributed by atoms with Gasteiger partial charge in [0.15, 0.2) is 0 Å². The number of nitrogens with zero attached hydrogens (tertiary/aromatic N) is 3. The van der Waals surface area contributed by atoms with Crippen LogP contribution in [0.4, 0.5) is 5.69 Å². The minimum Gasteiger partial charge on any atom is -0.318 e. The number of rotatable bonds is 3. The van der Waals surface area contributed by atoms with Gasteiger partial charge in [-0.15, -0.1) is 0 Å². The van der Waals surface area contributed by atoms with E-state index in [1.54, 1.807) is 36.0 Å². The molecule has 0 saturated heterocycles. The van der Waals surface area contributed by atoms with Gasteiger partial charge in [0, 0.05) is 25.0 Å². The molecule has 1 aromatic carbocycles. The van der Waals surface area contributed by atoms with Crippen LogP contribution in [0.5, 0.6) is 0 Å². The van der Waals surface area contributed by atoms with Crippen LogP contribution in [0.1, 0.15) is 6.92 Å². The van der Waals surface area contributed by atoms with Gasteiger partial charge in [0.25, 0.3) is 5.69 Å². The summed E-state index contributed by atoms with van der Waals surface area (Å²) >= 11 is 0. The highest BCUT2D eigenvalue weighted by molar-refractivity contribution is 5.82. The van der Waals surface area contributed by atoms with Gasteiger partial charge in [-0.1, -0.05) is 0 Å². The molecule has 0 amide bonds. The van der Waals surface area contributed by atoms with E-state index in [1.807, 2.05) is 0 Å². The maximum absolute atomic E-state index is 11.9.